The molecular formula is C21H22ClN5O5S. The Morgan fingerprint density at radius 1 is 1.18 bits per heavy atom. The molecule has 1 aromatic carbocycles. The highest BCUT2D eigenvalue weighted by Crippen LogP contribution is 2.29. The number of esters is 1. The SMILES string of the molecule is CCOC(=O)c1c(C)oc(NC(=O)CSc2nnc(-c3ccc(Cl)cc3)n2CC)c1C(N)=O. The van der Waals surface area contributed by atoms with E-state index in [9.17, 15) is 14.4 Å². The van der Waals surface area contributed by atoms with Crippen molar-refractivity contribution in [2.75, 3.05) is 17.7 Å². The number of aryl methyl sites for hydroxylation is 1. The molecule has 0 atom stereocenters. The first kappa shape index (κ1) is 24.3. The van der Waals surface area contributed by atoms with Gasteiger partial charge < -0.3 is 19.5 Å². The number of aromatic nitrogens is 3. The van der Waals surface area contributed by atoms with Crippen LogP contribution in [0.3, 0.4) is 0 Å². The van der Waals surface area contributed by atoms with Gasteiger partial charge in [-0.2, -0.15) is 0 Å². The van der Waals surface area contributed by atoms with Gasteiger partial charge in [-0.3, -0.25) is 14.9 Å². The number of rotatable bonds is 9. The van der Waals surface area contributed by atoms with Gasteiger partial charge in [-0.15, -0.1) is 10.2 Å². The monoisotopic (exact) mass is 491 g/mol. The van der Waals surface area contributed by atoms with Crippen LogP contribution in [-0.4, -0.2) is 44.9 Å². The predicted molar refractivity (Wildman–Crippen MR) is 123 cm³/mol. The summed E-state index contributed by atoms with van der Waals surface area (Å²) in [5.74, 6) is -1.65. The Hall–Kier alpha value is -3.31. The fourth-order valence-corrected chi connectivity index (χ4v) is 4.03. The lowest BCUT2D eigenvalue weighted by molar-refractivity contribution is -0.113. The second-order valence-electron chi connectivity index (χ2n) is 6.72. The molecule has 0 saturated heterocycles. The number of ether oxygens (including phenoxy) is 1. The second kappa shape index (κ2) is 10.5. The van der Waals surface area contributed by atoms with Crippen molar-refractivity contribution in [2.45, 2.75) is 32.5 Å². The van der Waals surface area contributed by atoms with E-state index in [2.05, 4.69) is 15.5 Å². The molecule has 3 aromatic rings. The van der Waals surface area contributed by atoms with Gasteiger partial charge in [0.15, 0.2) is 11.0 Å². The highest BCUT2D eigenvalue weighted by atomic mass is 35.5. The molecule has 0 aliphatic carbocycles. The molecule has 10 nitrogen and oxygen atoms in total. The van der Waals surface area contributed by atoms with Crippen LogP contribution in [0.2, 0.25) is 5.02 Å². The Labute approximate surface area is 198 Å². The molecule has 0 radical (unpaired) electrons. The number of anilines is 1. The topological polar surface area (TPSA) is 142 Å². The molecule has 0 bridgehead atoms. The molecule has 12 heteroatoms. The third-order valence-corrected chi connectivity index (χ3v) is 5.75. The fraction of sp³-hybridized carbons (Fsp3) is 0.286. The van der Waals surface area contributed by atoms with Gasteiger partial charge in [-0.25, -0.2) is 4.79 Å². The molecule has 0 saturated carbocycles. The average Bonchev–Trinajstić information content (AvgIpc) is 3.33. The van der Waals surface area contributed by atoms with E-state index in [4.69, 9.17) is 26.5 Å². The molecule has 0 aliphatic rings. The molecule has 2 heterocycles. The summed E-state index contributed by atoms with van der Waals surface area (Å²) in [5.41, 5.74) is 5.92. The van der Waals surface area contributed by atoms with Crippen LogP contribution in [-0.2, 0) is 16.1 Å². The number of carbonyl (C=O) groups excluding carboxylic acids is 3. The van der Waals surface area contributed by atoms with Gasteiger partial charge in [-0.05, 0) is 45.0 Å². The molecule has 0 spiro atoms. The lowest BCUT2D eigenvalue weighted by Crippen LogP contribution is -2.21. The molecule has 3 N–H and O–H groups in total. The number of primary amides is 1. The summed E-state index contributed by atoms with van der Waals surface area (Å²) < 4.78 is 12.2. The average molecular weight is 492 g/mol. The first-order valence-corrected chi connectivity index (χ1v) is 11.3. The summed E-state index contributed by atoms with van der Waals surface area (Å²) in [4.78, 5) is 36.7. The smallest absolute Gasteiger partial charge is 0.342 e. The number of thioether (sulfide) groups is 1. The van der Waals surface area contributed by atoms with Crippen molar-refractivity contribution in [3.63, 3.8) is 0 Å². The van der Waals surface area contributed by atoms with Crippen molar-refractivity contribution < 1.29 is 23.5 Å². The summed E-state index contributed by atoms with van der Waals surface area (Å²) >= 11 is 7.11. The zero-order valence-corrected chi connectivity index (χ0v) is 19.7. The quantitative estimate of drug-likeness (QED) is 0.342. The Morgan fingerprint density at radius 2 is 1.88 bits per heavy atom. The number of hydrogen-bond donors (Lipinski definition) is 2. The van der Waals surface area contributed by atoms with Crippen molar-refractivity contribution in [3.8, 4) is 11.4 Å². The van der Waals surface area contributed by atoms with Gasteiger partial charge in [0.2, 0.25) is 11.8 Å². The molecule has 33 heavy (non-hydrogen) atoms. The van der Waals surface area contributed by atoms with Crippen molar-refractivity contribution in [3.05, 3.63) is 46.2 Å². The predicted octanol–water partition coefficient (Wildman–Crippen LogP) is 3.53. The Bertz CT molecular complexity index is 1190. The second-order valence-corrected chi connectivity index (χ2v) is 8.10. The Morgan fingerprint density at radius 3 is 2.48 bits per heavy atom. The molecule has 174 valence electrons. The van der Waals surface area contributed by atoms with Crippen LogP contribution >= 0.6 is 23.4 Å². The maximum Gasteiger partial charge on any atom is 0.342 e. The van der Waals surface area contributed by atoms with Gasteiger partial charge >= 0.3 is 5.97 Å². The van der Waals surface area contributed by atoms with Gasteiger partial charge in [0.05, 0.1) is 12.4 Å². The zero-order chi connectivity index (χ0) is 24.1. The largest absolute Gasteiger partial charge is 0.462 e. The first-order valence-electron chi connectivity index (χ1n) is 9.98. The Balaban J connectivity index is 1.75. The van der Waals surface area contributed by atoms with E-state index in [-0.39, 0.29) is 35.1 Å². The minimum Gasteiger partial charge on any atom is -0.462 e. The molecule has 2 aromatic heterocycles. The number of nitrogens with one attached hydrogen (secondary N) is 1. The third kappa shape index (κ3) is 5.37. The molecule has 0 unspecified atom stereocenters. The van der Waals surface area contributed by atoms with E-state index in [1.165, 1.54) is 6.92 Å². The molecule has 0 fully saturated rings. The van der Waals surface area contributed by atoms with E-state index >= 15 is 0 Å². The number of furan rings is 1. The molecule has 3 rings (SSSR count). The normalized spacial score (nSPS) is 10.8. The number of nitrogens with two attached hydrogens (primary N) is 1. The highest BCUT2D eigenvalue weighted by molar-refractivity contribution is 7.99. The van der Waals surface area contributed by atoms with Crippen molar-refractivity contribution in [2.24, 2.45) is 5.73 Å². The highest BCUT2D eigenvalue weighted by Gasteiger charge is 2.29. The van der Waals surface area contributed by atoms with Crippen molar-refractivity contribution in [1.82, 2.24) is 14.8 Å². The zero-order valence-electron chi connectivity index (χ0n) is 18.2. The van der Waals surface area contributed by atoms with Gasteiger partial charge in [0.25, 0.3) is 5.91 Å². The van der Waals surface area contributed by atoms with Crippen LogP contribution < -0.4 is 11.1 Å². The number of halogens is 1. The van der Waals surface area contributed by atoms with Crippen molar-refractivity contribution >= 4 is 47.0 Å². The summed E-state index contributed by atoms with van der Waals surface area (Å²) in [6.45, 7) is 5.74. The molecule has 0 aliphatic heterocycles. The van der Waals surface area contributed by atoms with E-state index in [0.717, 1.165) is 17.3 Å². The number of hydrogen-bond acceptors (Lipinski definition) is 8. The third-order valence-electron chi connectivity index (χ3n) is 4.53. The van der Waals surface area contributed by atoms with Crippen LogP contribution in [0.1, 0.15) is 40.3 Å². The maximum absolute atomic E-state index is 12.6. The fourth-order valence-electron chi connectivity index (χ4n) is 3.10. The number of nitrogens with zero attached hydrogens (tertiary/aromatic N) is 3. The summed E-state index contributed by atoms with van der Waals surface area (Å²) in [6.07, 6.45) is 0. The van der Waals surface area contributed by atoms with E-state index in [1.54, 1.807) is 19.1 Å². The number of carbonyl (C=O) groups is 3. The van der Waals surface area contributed by atoms with Crippen LogP contribution in [0.15, 0.2) is 33.8 Å². The summed E-state index contributed by atoms with van der Waals surface area (Å²) in [5, 5.41) is 12.0. The lowest BCUT2D eigenvalue weighted by atomic mass is 10.1. The summed E-state index contributed by atoms with van der Waals surface area (Å²) in [6, 6.07) is 7.20. The van der Waals surface area contributed by atoms with Crippen LogP contribution in [0, 0.1) is 6.92 Å². The molecule has 2 amide bonds. The van der Waals surface area contributed by atoms with Crippen LogP contribution in [0.4, 0.5) is 5.88 Å². The first-order chi connectivity index (χ1) is 15.8. The number of amides is 2. The maximum atomic E-state index is 12.6. The minimum absolute atomic E-state index is 0.0502. The van der Waals surface area contributed by atoms with Crippen LogP contribution in [0.25, 0.3) is 11.4 Å². The number of benzene rings is 1. The van der Waals surface area contributed by atoms with Crippen molar-refractivity contribution in [1.29, 1.82) is 0 Å². The van der Waals surface area contributed by atoms with Gasteiger partial charge in [-0.1, -0.05) is 23.4 Å². The van der Waals surface area contributed by atoms with E-state index < -0.39 is 17.8 Å². The van der Waals surface area contributed by atoms with E-state index in [1.807, 2.05) is 23.6 Å². The van der Waals surface area contributed by atoms with Gasteiger partial charge in [0.1, 0.15) is 16.9 Å². The summed E-state index contributed by atoms with van der Waals surface area (Å²) in [7, 11) is 0. The van der Waals surface area contributed by atoms with E-state index in [0.29, 0.717) is 22.5 Å². The molecular weight excluding hydrogens is 470 g/mol. The standard InChI is InChI=1S/C21H22ClN5O5S/c1-4-27-18(12-6-8-13(22)9-7-12)25-26-21(27)33-10-14(28)24-19-16(17(23)29)15(11(3)32-19)20(30)31-5-2/h6-9H,4-5,10H2,1-3H3,(H2,23,29)(H,24,28). The Kier molecular flexibility index (Phi) is 7.77. The lowest BCUT2D eigenvalue weighted by Gasteiger charge is -2.08. The van der Waals surface area contributed by atoms with Crippen LogP contribution in [0.5, 0.6) is 0 Å². The minimum atomic E-state index is -0.920. The van der Waals surface area contributed by atoms with Gasteiger partial charge in [0, 0.05) is 17.1 Å².